The van der Waals surface area contributed by atoms with Gasteiger partial charge in [0.25, 0.3) is 5.91 Å². The highest BCUT2D eigenvalue weighted by Crippen LogP contribution is 2.33. The van der Waals surface area contributed by atoms with Crippen LogP contribution in [-0.4, -0.2) is 46.7 Å². The minimum absolute atomic E-state index is 0.0666. The van der Waals surface area contributed by atoms with Crippen LogP contribution in [0.25, 0.3) is 10.7 Å². The summed E-state index contributed by atoms with van der Waals surface area (Å²) in [7, 11) is 0. The highest BCUT2D eigenvalue weighted by Gasteiger charge is 2.40. The van der Waals surface area contributed by atoms with Gasteiger partial charge >= 0.3 is 0 Å². The third-order valence-corrected chi connectivity index (χ3v) is 5.38. The van der Waals surface area contributed by atoms with Crippen molar-refractivity contribution >= 4 is 17.2 Å². The lowest BCUT2D eigenvalue weighted by atomic mass is 9.99. The molecule has 4 heterocycles. The van der Waals surface area contributed by atoms with Crippen molar-refractivity contribution in [3.05, 3.63) is 47.7 Å². The number of thiophene rings is 1. The first-order valence-corrected chi connectivity index (χ1v) is 9.20. The fraction of sp³-hybridized carbons (Fsp3) is 0.278. The zero-order chi connectivity index (χ0) is 17.5. The van der Waals surface area contributed by atoms with Crippen LogP contribution >= 0.6 is 11.3 Å². The van der Waals surface area contributed by atoms with E-state index >= 15 is 0 Å². The maximum absolute atomic E-state index is 12.6. The van der Waals surface area contributed by atoms with Crippen LogP contribution in [0.2, 0.25) is 0 Å². The van der Waals surface area contributed by atoms with Gasteiger partial charge in [-0.3, -0.25) is 4.79 Å². The van der Waals surface area contributed by atoms with E-state index in [0.29, 0.717) is 36.3 Å². The summed E-state index contributed by atoms with van der Waals surface area (Å²) in [6.07, 6.45) is -0.616. The molecule has 0 N–H and O–H groups in total. The van der Waals surface area contributed by atoms with E-state index in [1.165, 1.54) is 0 Å². The molecular formula is C18H15N3O4S. The van der Waals surface area contributed by atoms with Gasteiger partial charge in [0.05, 0.1) is 10.8 Å². The first-order valence-electron chi connectivity index (χ1n) is 8.32. The molecule has 1 aromatic carbocycles. The van der Waals surface area contributed by atoms with E-state index in [1.807, 2.05) is 35.7 Å². The van der Waals surface area contributed by atoms with E-state index < -0.39 is 6.10 Å². The molecular weight excluding hydrogens is 354 g/mol. The number of likely N-dealkylation sites (tertiary alicyclic amines) is 1. The van der Waals surface area contributed by atoms with Crippen molar-refractivity contribution in [2.45, 2.75) is 12.0 Å². The van der Waals surface area contributed by atoms with Gasteiger partial charge in [-0.15, -0.1) is 11.3 Å². The van der Waals surface area contributed by atoms with E-state index in [1.54, 1.807) is 22.3 Å². The monoisotopic (exact) mass is 369 g/mol. The Kier molecular flexibility index (Phi) is 3.63. The van der Waals surface area contributed by atoms with Crippen molar-refractivity contribution in [1.82, 2.24) is 15.0 Å². The van der Waals surface area contributed by atoms with Crippen LogP contribution in [0.1, 0.15) is 11.8 Å². The zero-order valence-electron chi connectivity index (χ0n) is 13.7. The van der Waals surface area contributed by atoms with Gasteiger partial charge in [0.15, 0.2) is 11.5 Å². The van der Waals surface area contributed by atoms with E-state index in [-0.39, 0.29) is 18.4 Å². The second-order valence-corrected chi connectivity index (χ2v) is 7.19. The number of hydrogen-bond acceptors (Lipinski definition) is 7. The lowest BCUT2D eigenvalue weighted by Gasteiger charge is -2.39. The van der Waals surface area contributed by atoms with Crippen molar-refractivity contribution in [1.29, 1.82) is 0 Å². The lowest BCUT2D eigenvalue weighted by Crippen LogP contribution is -2.55. The number of ether oxygens (including phenoxy) is 2. The summed E-state index contributed by atoms with van der Waals surface area (Å²) >= 11 is 1.57. The van der Waals surface area contributed by atoms with Gasteiger partial charge in [0.2, 0.25) is 17.8 Å². The number of carbonyl (C=O) groups excluding carboxylic acids is 1. The molecule has 2 aromatic heterocycles. The van der Waals surface area contributed by atoms with Crippen molar-refractivity contribution in [3.8, 4) is 22.2 Å². The van der Waals surface area contributed by atoms with Crippen LogP contribution in [0.15, 0.2) is 46.3 Å². The van der Waals surface area contributed by atoms with Crippen LogP contribution in [0.5, 0.6) is 11.5 Å². The maximum atomic E-state index is 12.6. The predicted octanol–water partition coefficient (Wildman–Crippen LogP) is 2.56. The average molecular weight is 369 g/mol. The van der Waals surface area contributed by atoms with Crippen molar-refractivity contribution in [2.24, 2.45) is 0 Å². The van der Waals surface area contributed by atoms with Crippen molar-refractivity contribution in [2.75, 3.05) is 19.7 Å². The van der Waals surface area contributed by atoms with Crippen LogP contribution in [0.3, 0.4) is 0 Å². The largest absolute Gasteiger partial charge is 0.485 e. The number of benzene rings is 1. The molecule has 2 aliphatic rings. The second kappa shape index (κ2) is 6.14. The van der Waals surface area contributed by atoms with Crippen molar-refractivity contribution in [3.63, 3.8) is 0 Å². The number of carbonyl (C=O) groups is 1. The summed E-state index contributed by atoms with van der Waals surface area (Å²) in [5.41, 5.74) is 0. The number of aromatic nitrogens is 2. The summed E-state index contributed by atoms with van der Waals surface area (Å²) < 4.78 is 16.8. The van der Waals surface area contributed by atoms with E-state index in [4.69, 9.17) is 14.0 Å². The molecule has 5 rings (SSSR count). The Hall–Kier alpha value is -2.87. The van der Waals surface area contributed by atoms with Gasteiger partial charge in [-0.05, 0) is 23.6 Å². The molecule has 0 bridgehead atoms. The fourth-order valence-corrected chi connectivity index (χ4v) is 3.72. The standard InChI is InChI=1S/C18H15N3O4S/c22-18(14-10-23-12-4-1-2-5-13(12)24-14)21-8-11(9-21)17-19-16(20-25-17)15-6-3-7-26-15/h1-7,11,14H,8-10H2/t14-/m0/s1. The Morgan fingerprint density at radius 2 is 2.00 bits per heavy atom. The summed E-state index contributed by atoms with van der Waals surface area (Å²) in [6, 6.07) is 11.3. The molecule has 8 heteroatoms. The van der Waals surface area contributed by atoms with Crippen LogP contribution in [-0.2, 0) is 4.79 Å². The fourth-order valence-electron chi connectivity index (χ4n) is 3.07. The van der Waals surface area contributed by atoms with Gasteiger partial charge in [0, 0.05) is 13.1 Å². The average Bonchev–Trinajstić information content (AvgIpc) is 3.31. The molecule has 0 spiro atoms. The second-order valence-electron chi connectivity index (χ2n) is 6.24. The zero-order valence-corrected chi connectivity index (χ0v) is 14.5. The minimum atomic E-state index is -0.616. The third-order valence-electron chi connectivity index (χ3n) is 4.51. The minimum Gasteiger partial charge on any atom is -0.485 e. The molecule has 1 fully saturated rings. The highest BCUT2D eigenvalue weighted by atomic mass is 32.1. The topological polar surface area (TPSA) is 77.7 Å². The molecule has 3 aromatic rings. The van der Waals surface area contributed by atoms with Gasteiger partial charge in [-0.25, -0.2) is 0 Å². The number of para-hydroxylation sites is 2. The molecule has 0 saturated carbocycles. The Morgan fingerprint density at radius 1 is 1.15 bits per heavy atom. The molecule has 7 nitrogen and oxygen atoms in total. The molecule has 0 unspecified atom stereocenters. The Balaban J connectivity index is 1.21. The first kappa shape index (κ1) is 15.4. The van der Waals surface area contributed by atoms with E-state index in [0.717, 1.165) is 4.88 Å². The summed E-state index contributed by atoms with van der Waals surface area (Å²) in [5.74, 6) is 2.44. The number of nitrogens with zero attached hydrogens (tertiary/aromatic N) is 3. The predicted molar refractivity (Wildman–Crippen MR) is 93.3 cm³/mol. The van der Waals surface area contributed by atoms with Gasteiger partial charge in [-0.1, -0.05) is 23.4 Å². The van der Waals surface area contributed by atoms with Gasteiger partial charge < -0.3 is 18.9 Å². The quantitative estimate of drug-likeness (QED) is 0.706. The smallest absolute Gasteiger partial charge is 0.267 e. The molecule has 0 radical (unpaired) electrons. The van der Waals surface area contributed by atoms with Gasteiger partial charge in [0.1, 0.15) is 6.61 Å². The third kappa shape index (κ3) is 2.62. The Morgan fingerprint density at radius 3 is 2.81 bits per heavy atom. The van der Waals surface area contributed by atoms with Crippen LogP contribution < -0.4 is 9.47 Å². The first-order chi connectivity index (χ1) is 12.8. The summed E-state index contributed by atoms with van der Waals surface area (Å²) in [4.78, 5) is 19.8. The molecule has 132 valence electrons. The number of amides is 1. The normalized spacial score (nSPS) is 19.2. The summed E-state index contributed by atoms with van der Waals surface area (Å²) in [5, 5.41) is 5.99. The Labute approximate surface area is 153 Å². The molecule has 2 aliphatic heterocycles. The number of fused-ring (bicyclic) bond motifs is 1. The molecule has 26 heavy (non-hydrogen) atoms. The molecule has 0 aliphatic carbocycles. The van der Waals surface area contributed by atoms with Crippen LogP contribution in [0.4, 0.5) is 0 Å². The SMILES string of the molecule is O=C([C@@H]1COc2ccccc2O1)N1CC(c2nc(-c3cccs3)no2)C1. The lowest BCUT2D eigenvalue weighted by molar-refractivity contribution is -0.146. The highest BCUT2D eigenvalue weighted by molar-refractivity contribution is 7.13. The maximum Gasteiger partial charge on any atom is 0.267 e. The van der Waals surface area contributed by atoms with E-state index in [9.17, 15) is 4.79 Å². The Bertz CT molecular complexity index is 934. The molecule has 1 atom stereocenters. The van der Waals surface area contributed by atoms with Crippen molar-refractivity contribution < 1.29 is 18.8 Å². The van der Waals surface area contributed by atoms with E-state index in [2.05, 4.69) is 10.1 Å². The summed E-state index contributed by atoms with van der Waals surface area (Å²) in [6.45, 7) is 1.32. The molecule has 1 saturated heterocycles. The van der Waals surface area contributed by atoms with Gasteiger partial charge in [-0.2, -0.15) is 4.98 Å². The number of rotatable bonds is 3. The molecule has 1 amide bonds. The van der Waals surface area contributed by atoms with Crippen LogP contribution in [0, 0.1) is 0 Å². The number of hydrogen-bond donors (Lipinski definition) is 0.